The van der Waals surface area contributed by atoms with Crippen LogP contribution in [0.25, 0.3) is 5.76 Å². The first-order chi connectivity index (χ1) is 12.0. The van der Waals surface area contributed by atoms with E-state index >= 15 is 0 Å². The molecule has 0 radical (unpaired) electrons. The summed E-state index contributed by atoms with van der Waals surface area (Å²) in [4.78, 5) is 23.1. The molecule has 0 aliphatic carbocycles. The summed E-state index contributed by atoms with van der Waals surface area (Å²) in [6.45, 7) is 1.52. The van der Waals surface area contributed by atoms with Crippen LogP contribution >= 0.6 is 0 Å². The number of Topliss-reactive ketones (excluding diaryl/α,β-unsaturated/α-hetero) is 1. The molecule has 3 aromatic rings. The van der Waals surface area contributed by atoms with Gasteiger partial charge < -0.3 is 5.11 Å². The summed E-state index contributed by atoms with van der Waals surface area (Å²) in [5.41, 5.74) is 2.60. The van der Waals surface area contributed by atoms with Gasteiger partial charge >= 0.3 is 0 Å². The lowest BCUT2D eigenvalue weighted by Crippen LogP contribution is -1.99. The number of benzene rings is 1. The van der Waals surface area contributed by atoms with Crippen LogP contribution < -0.4 is 0 Å². The maximum Gasteiger partial charge on any atom is 0.244 e. The Balaban J connectivity index is 1.71. The molecule has 1 aromatic carbocycles. The lowest BCUT2D eigenvalue weighted by Gasteiger charge is -2.00. The predicted molar refractivity (Wildman–Crippen MR) is 87.0 cm³/mol. The van der Waals surface area contributed by atoms with E-state index in [2.05, 4.69) is 30.8 Å². The maximum atomic E-state index is 11.8. The summed E-state index contributed by atoms with van der Waals surface area (Å²) in [5.74, 6) is -1.02. The van der Waals surface area contributed by atoms with Crippen molar-refractivity contribution in [1.82, 2.24) is 30.8 Å². The van der Waals surface area contributed by atoms with Crippen molar-refractivity contribution in [1.29, 1.82) is 0 Å². The second-order valence-electron chi connectivity index (χ2n) is 5.34. The zero-order valence-electron chi connectivity index (χ0n) is 13.2. The Kier molecular flexibility index (Phi) is 4.46. The van der Waals surface area contributed by atoms with Gasteiger partial charge in [-0.15, -0.1) is 10.2 Å². The number of aliphatic hydroxyl groups excluding tert-OH is 1. The molecule has 3 N–H and O–H groups in total. The zero-order valence-corrected chi connectivity index (χ0v) is 13.2. The monoisotopic (exact) mass is 338 g/mol. The molecule has 0 aliphatic rings. The number of aliphatic hydroxyl groups is 1. The minimum Gasteiger partial charge on any atom is -0.505 e. The molecule has 9 heteroatoms. The fraction of sp³-hybridized carbons (Fsp3) is 0.125. The van der Waals surface area contributed by atoms with Crippen molar-refractivity contribution in [3.05, 3.63) is 64.7 Å². The van der Waals surface area contributed by atoms with Gasteiger partial charge in [-0.25, -0.2) is 0 Å². The van der Waals surface area contributed by atoms with E-state index in [0.717, 1.165) is 17.3 Å². The summed E-state index contributed by atoms with van der Waals surface area (Å²) in [7, 11) is 0. The van der Waals surface area contributed by atoms with Gasteiger partial charge in [0.15, 0.2) is 5.78 Å². The van der Waals surface area contributed by atoms with Crippen molar-refractivity contribution in [2.75, 3.05) is 0 Å². The van der Waals surface area contributed by atoms with Gasteiger partial charge in [-0.2, -0.15) is 10.3 Å². The number of nitrogens with zero attached hydrogens (tertiary/aromatic N) is 4. The molecule has 0 amide bonds. The van der Waals surface area contributed by atoms with Crippen molar-refractivity contribution >= 4 is 17.3 Å². The van der Waals surface area contributed by atoms with Crippen molar-refractivity contribution in [3.63, 3.8) is 0 Å². The van der Waals surface area contributed by atoms with Crippen LogP contribution in [0, 0.1) is 0 Å². The first-order valence-corrected chi connectivity index (χ1v) is 7.36. The van der Waals surface area contributed by atoms with Crippen LogP contribution in [-0.4, -0.2) is 47.5 Å². The SMILES string of the molecule is CC(=O)c1ccc(Cc2cc(C(O)=CC(=O)c3nn[nH]n3)n[nH]2)cc1. The molecule has 0 bridgehead atoms. The molecule has 126 valence electrons. The van der Waals surface area contributed by atoms with Gasteiger partial charge in [-0.3, -0.25) is 14.7 Å². The van der Waals surface area contributed by atoms with E-state index in [1.165, 1.54) is 6.92 Å². The molecule has 0 atom stereocenters. The first kappa shape index (κ1) is 16.2. The van der Waals surface area contributed by atoms with Gasteiger partial charge in [-0.05, 0) is 23.8 Å². The molecule has 25 heavy (non-hydrogen) atoms. The molecule has 0 unspecified atom stereocenters. The Hall–Kier alpha value is -3.62. The summed E-state index contributed by atoms with van der Waals surface area (Å²) in [6.07, 6.45) is 1.52. The smallest absolute Gasteiger partial charge is 0.244 e. The molecule has 0 aliphatic heterocycles. The number of H-pyrrole nitrogens is 2. The second kappa shape index (κ2) is 6.87. The third-order valence-electron chi connectivity index (χ3n) is 3.48. The topological polar surface area (TPSA) is 138 Å². The van der Waals surface area contributed by atoms with E-state index in [0.29, 0.717) is 12.0 Å². The molecule has 0 spiro atoms. The van der Waals surface area contributed by atoms with E-state index in [9.17, 15) is 14.7 Å². The van der Waals surface area contributed by atoms with Crippen LogP contribution in [0.4, 0.5) is 0 Å². The van der Waals surface area contributed by atoms with Crippen LogP contribution in [0.2, 0.25) is 0 Å². The van der Waals surface area contributed by atoms with E-state index in [1.54, 1.807) is 18.2 Å². The van der Waals surface area contributed by atoms with Crippen LogP contribution in [-0.2, 0) is 6.42 Å². The quantitative estimate of drug-likeness (QED) is 0.352. The van der Waals surface area contributed by atoms with Gasteiger partial charge in [0.05, 0.1) is 0 Å². The molecule has 2 aromatic heterocycles. The predicted octanol–water partition coefficient (Wildman–Crippen LogP) is 1.50. The largest absolute Gasteiger partial charge is 0.505 e. The summed E-state index contributed by atoms with van der Waals surface area (Å²) in [5, 5.41) is 29.3. The Morgan fingerprint density at radius 3 is 2.60 bits per heavy atom. The molecule has 0 saturated carbocycles. The molecular weight excluding hydrogens is 324 g/mol. The number of hydrogen-bond donors (Lipinski definition) is 3. The molecule has 0 fully saturated rings. The van der Waals surface area contributed by atoms with Gasteiger partial charge in [0, 0.05) is 23.8 Å². The fourth-order valence-electron chi connectivity index (χ4n) is 2.19. The highest BCUT2D eigenvalue weighted by molar-refractivity contribution is 6.04. The highest BCUT2D eigenvalue weighted by atomic mass is 16.3. The third kappa shape index (κ3) is 3.83. The normalized spacial score (nSPS) is 11.5. The lowest BCUT2D eigenvalue weighted by atomic mass is 10.1. The van der Waals surface area contributed by atoms with Crippen LogP contribution in [0.3, 0.4) is 0 Å². The van der Waals surface area contributed by atoms with E-state index in [4.69, 9.17) is 0 Å². The summed E-state index contributed by atoms with van der Waals surface area (Å²) >= 11 is 0. The second-order valence-corrected chi connectivity index (χ2v) is 5.34. The Labute approximate surface area is 141 Å². The minimum atomic E-state index is -0.587. The Morgan fingerprint density at radius 2 is 1.96 bits per heavy atom. The standard InChI is InChI=1S/C16H14N6O3/c1-9(23)11-4-2-10(3-5-11)6-12-7-13(18-17-12)14(24)8-15(25)16-19-21-22-20-16/h2-5,7-8,24H,6H2,1H3,(H,17,18)(H,19,20,21,22). The zero-order chi connectivity index (χ0) is 17.8. The van der Waals surface area contributed by atoms with Crippen molar-refractivity contribution in [3.8, 4) is 0 Å². The number of aromatic nitrogens is 6. The minimum absolute atomic E-state index is 0.0108. The number of tetrazole rings is 1. The number of rotatable bonds is 6. The molecule has 3 rings (SSSR count). The number of nitrogens with one attached hydrogen (secondary N) is 2. The summed E-state index contributed by atoms with van der Waals surface area (Å²) in [6, 6.07) is 8.86. The number of aromatic amines is 2. The van der Waals surface area contributed by atoms with Crippen molar-refractivity contribution < 1.29 is 14.7 Å². The van der Waals surface area contributed by atoms with Gasteiger partial charge in [0.2, 0.25) is 11.6 Å². The number of carbonyl (C=O) groups excluding carboxylic acids is 2. The van der Waals surface area contributed by atoms with Gasteiger partial charge in [0.1, 0.15) is 11.5 Å². The average molecular weight is 338 g/mol. The van der Waals surface area contributed by atoms with E-state index in [1.807, 2.05) is 12.1 Å². The van der Waals surface area contributed by atoms with Crippen LogP contribution in [0.5, 0.6) is 0 Å². The van der Waals surface area contributed by atoms with E-state index in [-0.39, 0.29) is 23.1 Å². The average Bonchev–Trinajstić information content (AvgIpc) is 3.27. The summed E-state index contributed by atoms with van der Waals surface area (Å²) < 4.78 is 0. The van der Waals surface area contributed by atoms with Gasteiger partial charge in [0.25, 0.3) is 0 Å². The third-order valence-corrected chi connectivity index (χ3v) is 3.48. The van der Waals surface area contributed by atoms with Crippen molar-refractivity contribution in [2.24, 2.45) is 0 Å². The molecule has 2 heterocycles. The number of ketones is 2. The Bertz CT molecular complexity index is 925. The van der Waals surface area contributed by atoms with E-state index < -0.39 is 5.78 Å². The Morgan fingerprint density at radius 1 is 1.20 bits per heavy atom. The fourth-order valence-corrected chi connectivity index (χ4v) is 2.19. The molecule has 9 nitrogen and oxygen atoms in total. The first-order valence-electron chi connectivity index (χ1n) is 7.36. The lowest BCUT2D eigenvalue weighted by molar-refractivity contribution is 0.101. The molecule has 0 saturated heterocycles. The van der Waals surface area contributed by atoms with Gasteiger partial charge in [-0.1, -0.05) is 24.3 Å². The number of carbonyl (C=O) groups is 2. The highest BCUT2D eigenvalue weighted by Gasteiger charge is 2.12. The highest BCUT2D eigenvalue weighted by Crippen LogP contribution is 2.14. The molecular formula is C16H14N6O3. The van der Waals surface area contributed by atoms with Crippen LogP contribution in [0.1, 0.15) is 44.9 Å². The number of hydrogen-bond acceptors (Lipinski definition) is 7. The maximum absolute atomic E-state index is 11.8. The van der Waals surface area contributed by atoms with Crippen molar-refractivity contribution in [2.45, 2.75) is 13.3 Å². The number of allylic oxidation sites excluding steroid dienone is 1. The van der Waals surface area contributed by atoms with Crippen LogP contribution in [0.15, 0.2) is 36.4 Å².